The largest absolute Gasteiger partial charge is 0.377 e. The summed E-state index contributed by atoms with van der Waals surface area (Å²) in [5.74, 6) is 0.828. The number of ether oxygens (including phenoxy) is 1. The number of aliphatic imine (C=N–C) groups is 1. The van der Waals surface area contributed by atoms with Crippen LogP contribution in [0.3, 0.4) is 0 Å². The third-order valence-corrected chi connectivity index (χ3v) is 3.31. The molecule has 2 N–H and O–H groups in total. The first-order valence-corrected chi connectivity index (χ1v) is 7.10. The summed E-state index contributed by atoms with van der Waals surface area (Å²) in [7, 11) is 1.72. The highest BCUT2D eigenvalue weighted by Gasteiger charge is 2.16. The summed E-state index contributed by atoms with van der Waals surface area (Å²) in [6.07, 6.45) is 0. The molecular weight excluding hydrogens is 373 g/mol. The van der Waals surface area contributed by atoms with Gasteiger partial charge in [0.15, 0.2) is 5.96 Å². The molecule has 0 bridgehead atoms. The lowest BCUT2D eigenvalue weighted by atomic mass is 10.1. The van der Waals surface area contributed by atoms with Crippen LogP contribution in [0.15, 0.2) is 21.8 Å². The molecule has 0 atom stereocenters. The second-order valence-electron chi connectivity index (χ2n) is 4.64. The van der Waals surface area contributed by atoms with E-state index in [-0.39, 0.29) is 29.6 Å². The Bertz CT molecular complexity index is 366. The lowest BCUT2D eigenvalue weighted by Crippen LogP contribution is -2.45. The third kappa shape index (κ3) is 7.74. The molecule has 0 amide bonds. The molecule has 110 valence electrons. The van der Waals surface area contributed by atoms with E-state index in [1.807, 2.05) is 13.8 Å². The maximum atomic E-state index is 5.37. The Labute approximate surface area is 137 Å². The van der Waals surface area contributed by atoms with Crippen molar-refractivity contribution >= 4 is 41.3 Å². The smallest absolute Gasteiger partial charge is 0.191 e. The molecule has 1 rings (SSSR count). The fourth-order valence-corrected chi connectivity index (χ4v) is 1.92. The fraction of sp³-hybridized carbons (Fsp3) is 0.615. The van der Waals surface area contributed by atoms with E-state index in [2.05, 4.69) is 39.4 Å². The van der Waals surface area contributed by atoms with E-state index >= 15 is 0 Å². The Kier molecular flexibility index (Phi) is 9.38. The monoisotopic (exact) mass is 397 g/mol. The molecule has 1 aromatic heterocycles. The van der Waals surface area contributed by atoms with Gasteiger partial charge >= 0.3 is 0 Å². The maximum absolute atomic E-state index is 5.37. The van der Waals surface area contributed by atoms with E-state index in [1.54, 1.807) is 18.4 Å². The molecular formula is C13H24IN3OS. The second kappa shape index (κ2) is 9.55. The van der Waals surface area contributed by atoms with Crippen LogP contribution in [0.4, 0.5) is 0 Å². The van der Waals surface area contributed by atoms with Crippen molar-refractivity contribution in [2.45, 2.75) is 32.9 Å². The van der Waals surface area contributed by atoms with Gasteiger partial charge in [-0.1, -0.05) is 0 Å². The molecule has 1 heterocycles. The number of hydrogen-bond donors (Lipinski definition) is 2. The van der Waals surface area contributed by atoms with Gasteiger partial charge in [-0.05, 0) is 43.2 Å². The Hall–Kier alpha value is -0.340. The van der Waals surface area contributed by atoms with Crippen LogP contribution in [-0.2, 0) is 11.3 Å². The van der Waals surface area contributed by atoms with Crippen LogP contribution in [-0.4, -0.2) is 31.8 Å². The Balaban J connectivity index is 0.00000324. The lowest BCUT2D eigenvalue weighted by Gasteiger charge is -2.24. The number of hydrogen-bond acceptors (Lipinski definition) is 3. The molecule has 19 heavy (non-hydrogen) atoms. The van der Waals surface area contributed by atoms with Crippen molar-refractivity contribution in [3.8, 4) is 0 Å². The normalized spacial score (nSPS) is 11.9. The first-order valence-electron chi connectivity index (χ1n) is 6.16. The number of methoxy groups -OCH3 is 1. The average Bonchev–Trinajstić information content (AvgIpc) is 2.86. The van der Waals surface area contributed by atoms with E-state index in [0.717, 1.165) is 19.0 Å². The molecule has 0 unspecified atom stereocenters. The lowest BCUT2D eigenvalue weighted by molar-refractivity contribution is 0.0268. The zero-order valence-electron chi connectivity index (χ0n) is 12.0. The van der Waals surface area contributed by atoms with Crippen molar-refractivity contribution in [3.05, 3.63) is 22.4 Å². The van der Waals surface area contributed by atoms with Gasteiger partial charge in [0.1, 0.15) is 0 Å². The van der Waals surface area contributed by atoms with Gasteiger partial charge in [0.25, 0.3) is 0 Å². The van der Waals surface area contributed by atoms with Crippen molar-refractivity contribution in [1.29, 1.82) is 0 Å². The van der Waals surface area contributed by atoms with Gasteiger partial charge in [0.2, 0.25) is 0 Å². The minimum atomic E-state index is -0.196. The molecule has 0 saturated heterocycles. The molecule has 0 aliphatic heterocycles. The van der Waals surface area contributed by atoms with Crippen LogP contribution >= 0.6 is 35.3 Å². The molecule has 0 radical (unpaired) electrons. The fourth-order valence-electron chi connectivity index (χ4n) is 1.26. The van der Waals surface area contributed by atoms with Gasteiger partial charge in [0, 0.05) is 20.2 Å². The van der Waals surface area contributed by atoms with Crippen molar-refractivity contribution < 1.29 is 4.74 Å². The number of thiophene rings is 1. The van der Waals surface area contributed by atoms with Gasteiger partial charge in [0.05, 0.1) is 12.1 Å². The number of rotatable bonds is 6. The van der Waals surface area contributed by atoms with Crippen LogP contribution in [0, 0.1) is 0 Å². The van der Waals surface area contributed by atoms with Crippen molar-refractivity contribution in [2.24, 2.45) is 4.99 Å². The summed E-state index contributed by atoms with van der Waals surface area (Å²) in [5.41, 5.74) is 1.04. The standard InChI is InChI=1S/C13H23N3OS.HI/c1-5-14-12(16-10-13(2,3)17-4)15-8-11-6-7-18-9-11;/h6-7,9H,5,8,10H2,1-4H3,(H2,14,15,16);1H. The minimum absolute atomic E-state index is 0. The number of guanidine groups is 1. The molecule has 0 fully saturated rings. The van der Waals surface area contributed by atoms with E-state index in [0.29, 0.717) is 6.54 Å². The Morgan fingerprint density at radius 1 is 1.42 bits per heavy atom. The zero-order valence-corrected chi connectivity index (χ0v) is 15.2. The summed E-state index contributed by atoms with van der Waals surface area (Å²) in [6.45, 7) is 8.42. The Morgan fingerprint density at radius 3 is 2.68 bits per heavy atom. The molecule has 0 spiro atoms. The molecule has 6 heteroatoms. The van der Waals surface area contributed by atoms with Gasteiger partial charge in [-0.3, -0.25) is 0 Å². The van der Waals surface area contributed by atoms with Crippen LogP contribution in [0.2, 0.25) is 0 Å². The van der Waals surface area contributed by atoms with Crippen LogP contribution in [0.1, 0.15) is 26.3 Å². The minimum Gasteiger partial charge on any atom is -0.377 e. The summed E-state index contributed by atoms with van der Waals surface area (Å²) in [4.78, 5) is 4.54. The predicted molar refractivity (Wildman–Crippen MR) is 93.6 cm³/mol. The van der Waals surface area contributed by atoms with E-state index in [4.69, 9.17) is 4.74 Å². The second-order valence-corrected chi connectivity index (χ2v) is 5.42. The van der Waals surface area contributed by atoms with E-state index in [9.17, 15) is 0 Å². The van der Waals surface area contributed by atoms with Crippen LogP contribution in [0.5, 0.6) is 0 Å². The molecule has 0 saturated carbocycles. The maximum Gasteiger partial charge on any atom is 0.191 e. The highest BCUT2D eigenvalue weighted by atomic mass is 127. The zero-order chi connectivity index (χ0) is 13.4. The highest BCUT2D eigenvalue weighted by molar-refractivity contribution is 14.0. The van der Waals surface area contributed by atoms with E-state index < -0.39 is 0 Å². The average molecular weight is 397 g/mol. The van der Waals surface area contributed by atoms with Crippen molar-refractivity contribution in [3.63, 3.8) is 0 Å². The van der Waals surface area contributed by atoms with E-state index in [1.165, 1.54) is 5.56 Å². The molecule has 0 aromatic carbocycles. The first kappa shape index (κ1) is 18.7. The van der Waals surface area contributed by atoms with Gasteiger partial charge in [-0.2, -0.15) is 11.3 Å². The van der Waals surface area contributed by atoms with Gasteiger partial charge in [-0.25, -0.2) is 4.99 Å². The number of nitrogens with zero attached hydrogens (tertiary/aromatic N) is 1. The molecule has 0 aliphatic rings. The highest BCUT2D eigenvalue weighted by Crippen LogP contribution is 2.07. The Morgan fingerprint density at radius 2 is 2.16 bits per heavy atom. The first-order chi connectivity index (χ1) is 8.57. The van der Waals surface area contributed by atoms with Crippen LogP contribution < -0.4 is 10.6 Å². The summed E-state index contributed by atoms with van der Waals surface area (Å²) in [5, 5.41) is 10.7. The summed E-state index contributed by atoms with van der Waals surface area (Å²) >= 11 is 1.70. The number of halogens is 1. The molecule has 0 aliphatic carbocycles. The molecule has 4 nitrogen and oxygen atoms in total. The quantitative estimate of drug-likeness (QED) is 0.441. The third-order valence-electron chi connectivity index (χ3n) is 2.58. The topological polar surface area (TPSA) is 45.7 Å². The SMILES string of the molecule is CCNC(=NCc1ccsc1)NCC(C)(C)OC.I. The summed E-state index contributed by atoms with van der Waals surface area (Å²) < 4.78 is 5.37. The van der Waals surface area contributed by atoms with Crippen molar-refractivity contribution in [1.82, 2.24) is 10.6 Å². The number of nitrogens with one attached hydrogen (secondary N) is 2. The molecule has 1 aromatic rings. The van der Waals surface area contributed by atoms with Gasteiger partial charge in [-0.15, -0.1) is 24.0 Å². The van der Waals surface area contributed by atoms with Crippen molar-refractivity contribution in [2.75, 3.05) is 20.2 Å². The summed E-state index contributed by atoms with van der Waals surface area (Å²) in [6, 6.07) is 2.09. The van der Waals surface area contributed by atoms with Crippen LogP contribution in [0.25, 0.3) is 0 Å². The predicted octanol–water partition coefficient (Wildman–Crippen LogP) is 2.85. The van der Waals surface area contributed by atoms with Gasteiger partial charge < -0.3 is 15.4 Å².